The second-order valence-electron chi connectivity index (χ2n) is 6.96. The third-order valence-electron chi connectivity index (χ3n) is 4.88. The minimum absolute atomic E-state index is 0.596. The highest BCUT2D eigenvalue weighted by molar-refractivity contribution is 5.80. The van der Waals surface area contributed by atoms with Gasteiger partial charge in [0, 0.05) is 45.8 Å². The third kappa shape index (κ3) is 5.94. The molecule has 2 aliphatic rings. The van der Waals surface area contributed by atoms with Crippen molar-refractivity contribution in [3.8, 4) is 0 Å². The number of nitrogens with zero attached hydrogens (tertiary/aromatic N) is 3. The van der Waals surface area contributed by atoms with Gasteiger partial charge in [0.2, 0.25) is 0 Å². The van der Waals surface area contributed by atoms with Crippen molar-refractivity contribution in [3.63, 3.8) is 0 Å². The Balaban J connectivity index is 1.71. The molecular weight excluding hydrogens is 292 g/mol. The maximum absolute atomic E-state index is 5.67. The summed E-state index contributed by atoms with van der Waals surface area (Å²) in [7, 11) is 7.94. The van der Waals surface area contributed by atoms with Crippen molar-refractivity contribution >= 4 is 5.96 Å². The van der Waals surface area contributed by atoms with E-state index in [4.69, 9.17) is 9.47 Å². The van der Waals surface area contributed by atoms with Crippen LogP contribution in [0.2, 0.25) is 0 Å². The van der Waals surface area contributed by atoms with Gasteiger partial charge in [0.25, 0.3) is 0 Å². The summed E-state index contributed by atoms with van der Waals surface area (Å²) >= 11 is 0. The Morgan fingerprint density at radius 2 is 2.09 bits per heavy atom. The summed E-state index contributed by atoms with van der Waals surface area (Å²) in [5.41, 5.74) is 0. The molecule has 0 bridgehead atoms. The average molecular weight is 326 g/mol. The maximum atomic E-state index is 5.67. The molecule has 2 rings (SSSR count). The molecule has 2 unspecified atom stereocenters. The number of hydrogen-bond acceptors (Lipinski definition) is 4. The fourth-order valence-electron chi connectivity index (χ4n) is 3.33. The molecule has 1 saturated carbocycles. The smallest absolute Gasteiger partial charge is 0.193 e. The molecule has 23 heavy (non-hydrogen) atoms. The van der Waals surface area contributed by atoms with Crippen molar-refractivity contribution in [1.29, 1.82) is 0 Å². The van der Waals surface area contributed by atoms with Gasteiger partial charge in [-0.15, -0.1) is 0 Å². The Kier molecular flexibility index (Phi) is 7.59. The predicted molar refractivity (Wildman–Crippen MR) is 93.9 cm³/mol. The number of hydrogen-bond donors (Lipinski definition) is 1. The van der Waals surface area contributed by atoms with Crippen molar-refractivity contribution < 1.29 is 9.47 Å². The Morgan fingerprint density at radius 1 is 1.30 bits per heavy atom. The average Bonchev–Trinajstić information content (AvgIpc) is 3.26. The molecular formula is C17H34N4O2. The molecule has 2 fully saturated rings. The summed E-state index contributed by atoms with van der Waals surface area (Å²) in [4.78, 5) is 9.18. The van der Waals surface area contributed by atoms with E-state index in [1.54, 1.807) is 7.11 Å². The van der Waals surface area contributed by atoms with Gasteiger partial charge in [-0.3, -0.25) is 4.99 Å². The van der Waals surface area contributed by atoms with E-state index in [1.165, 1.54) is 19.3 Å². The van der Waals surface area contributed by atoms with E-state index in [2.05, 4.69) is 34.2 Å². The Bertz CT molecular complexity index is 370. The highest BCUT2D eigenvalue weighted by Crippen LogP contribution is 2.34. The molecule has 6 nitrogen and oxygen atoms in total. The van der Waals surface area contributed by atoms with Crippen molar-refractivity contribution in [1.82, 2.24) is 15.1 Å². The van der Waals surface area contributed by atoms with Gasteiger partial charge in [-0.05, 0) is 39.3 Å². The number of methoxy groups -OCH3 is 1. The van der Waals surface area contributed by atoms with Crippen LogP contribution in [0.3, 0.4) is 0 Å². The first-order chi connectivity index (χ1) is 11.2. The second kappa shape index (κ2) is 9.45. The van der Waals surface area contributed by atoms with E-state index in [-0.39, 0.29) is 0 Å². The van der Waals surface area contributed by atoms with Gasteiger partial charge >= 0.3 is 0 Å². The van der Waals surface area contributed by atoms with Crippen LogP contribution in [0.15, 0.2) is 4.99 Å². The number of nitrogens with one attached hydrogen (secondary N) is 1. The molecule has 0 amide bonds. The van der Waals surface area contributed by atoms with Crippen molar-refractivity contribution in [3.05, 3.63) is 0 Å². The molecule has 1 aliphatic carbocycles. The summed E-state index contributed by atoms with van der Waals surface area (Å²) in [5.74, 6) is 2.49. The molecule has 0 radical (unpaired) electrons. The summed E-state index contributed by atoms with van der Waals surface area (Å²) in [6, 6.07) is 0.613. The molecule has 0 spiro atoms. The number of ether oxygens (including phenoxy) is 2. The third-order valence-corrected chi connectivity index (χ3v) is 4.88. The summed E-state index contributed by atoms with van der Waals surface area (Å²) < 4.78 is 10.7. The molecule has 0 aromatic heterocycles. The zero-order valence-electron chi connectivity index (χ0n) is 15.3. The Morgan fingerprint density at radius 3 is 2.70 bits per heavy atom. The lowest BCUT2D eigenvalue weighted by Crippen LogP contribution is -2.47. The molecule has 1 saturated heterocycles. The quantitative estimate of drug-likeness (QED) is 0.387. The van der Waals surface area contributed by atoms with Gasteiger partial charge in [-0.1, -0.05) is 0 Å². The predicted octanol–water partition coefficient (Wildman–Crippen LogP) is 0.887. The molecule has 2 atom stereocenters. The monoisotopic (exact) mass is 326 g/mol. The maximum Gasteiger partial charge on any atom is 0.193 e. The number of likely N-dealkylation sites (N-methyl/N-ethyl adjacent to an activating group) is 1. The van der Waals surface area contributed by atoms with Crippen LogP contribution in [0.4, 0.5) is 0 Å². The van der Waals surface area contributed by atoms with Crippen LogP contribution in [-0.4, -0.2) is 89.5 Å². The first-order valence-corrected chi connectivity index (χ1v) is 8.84. The number of guanidine groups is 1. The van der Waals surface area contributed by atoms with Gasteiger partial charge in [0.1, 0.15) is 0 Å². The van der Waals surface area contributed by atoms with E-state index in [1.807, 2.05) is 7.05 Å². The molecule has 0 aromatic rings. The molecule has 1 N–H and O–H groups in total. The number of rotatable bonds is 9. The lowest BCUT2D eigenvalue weighted by molar-refractivity contribution is 0.0536. The van der Waals surface area contributed by atoms with Crippen LogP contribution in [-0.2, 0) is 9.47 Å². The fourth-order valence-corrected chi connectivity index (χ4v) is 3.33. The standard InChI is InChI=1S/C17H34N4O2/c1-18-17(19-11-16(20(2)3)15-5-6-15)21-8-7-14(12-21)13-23-10-9-22-4/h14-16H,5-13H2,1-4H3,(H,18,19). The Labute approximate surface area is 141 Å². The Hall–Kier alpha value is -0.850. The number of aliphatic imine (C=N–C) groups is 1. The normalized spacial score (nSPS) is 23.6. The van der Waals surface area contributed by atoms with Crippen LogP contribution in [0.1, 0.15) is 19.3 Å². The largest absolute Gasteiger partial charge is 0.382 e. The van der Waals surface area contributed by atoms with Crippen LogP contribution < -0.4 is 5.32 Å². The van der Waals surface area contributed by atoms with Crippen LogP contribution in [0.5, 0.6) is 0 Å². The highest BCUT2D eigenvalue weighted by Gasteiger charge is 2.33. The van der Waals surface area contributed by atoms with Gasteiger partial charge in [-0.2, -0.15) is 0 Å². The molecule has 1 heterocycles. The molecule has 6 heteroatoms. The zero-order chi connectivity index (χ0) is 16.7. The van der Waals surface area contributed by atoms with Crippen LogP contribution in [0.25, 0.3) is 0 Å². The summed E-state index contributed by atoms with van der Waals surface area (Å²) in [6.45, 7) is 5.25. The lowest BCUT2D eigenvalue weighted by atomic mass is 10.1. The first-order valence-electron chi connectivity index (χ1n) is 8.84. The minimum Gasteiger partial charge on any atom is -0.382 e. The number of likely N-dealkylation sites (tertiary alicyclic amines) is 1. The first kappa shape index (κ1) is 18.5. The highest BCUT2D eigenvalue weighted by atomic mass is 16.5. The molecule has 1 aliphatic heterocycles. The van der Waals surface area contributed by atoms with Gasteiger partial charge < -0.3 is 24.6 Å². The lowest BCUT2D eigenvalue weighted by Gasteiger charge is -2.28. The van der Waals surface area contributed by atoms with Crippen LogP contribution >= 0.6 is 0 Å². The van der Waals surface area contributed by atoms with E-state index in [0.29, 0.717) is 25.2 Å². The van der Waals surface area contributed by atoms with Gasteiger partial charge in [0.15, 0.2) is 5.96 Å². The van der Waals surface area contributed by atoms with E-state index >= 15 is 0 Å². The second-order valence-corrected chi connectivity index (χ2v) is 6.96. The van der Waals surface area contributed by atoms with Gasteiger partial charge in [-0.25, -0.2) is 0 Å². The fraction of sp³-hybridized carbons (Fsp3) is 0.941. The van der Waals surface area contributed by atoms with Gasteiger partial charge in [0.05, 0.1) is 19.8 Å². The summed E-state index contributed by atoms with van der Waals surface area (Å²) in [6.07, 6.45) is 3.91. The zero-order valence-corrected chi connectivity index (χ0v) is 15.3. The van der Waals surface area contributed by atoms with Crippen molar-refractivity contribution in [2.45, 2.75) is 25.3 Å². The molecule has 134 valence electrons. The van der Waals surface area contributed by atoms with Crippen LogP contribution in [0, 0.1) is 11.8 Å². The topological polar surface area (TPSA) is 49.3 Å². The minimum atomic E-state index is 0.596. The summed E-state index contributed by atoms with van der Waals surface area (Å²) in [5, 5.41) is 3.58. The van der Waals surface area contributed by atoms with E-state index in [9.17, 15) is 0 Å². The van der Waals surface area contributed by atoms with Crippen molar-refractivity contribution in [2.75, 3.05) is 67.7 Å². The van der Waals surface area contributed by atoms with Crippen molar-refractivity contribution in [2.24, 2.45) is 16.8 Å². The van der Waals surface area contributed by atoms with E-state index < -0.39 is 0 Å². The SMILES string of the molecule is CN=C(NCC(C1CC1)N(C)C)N1CCC(COCCOC)C1. The molecule has 0 aromatic carbocycles. The van der Waals surface area contributed by atoms with E-state index in [0.717, 1.165) is 38.1 Å².